The number of nitrogens with one attached hydrogen (secondary N) is 1. The molecule has 4 nitrogen and oxygen atoms in total. The zero-order valence-electron chi connectivity index (χ0n) is 15.9. The molecule has 25 heavy (non-hydrogen) atoms. The molecule has 0 heterocycles. The van der Waals surface area contributed by atoms with Crippen molar-refractivity contribution in [3.8, 4) is 0 Å². The molecule has 138 valence electrons. The normalized spacial score (nSPS) is 16.3. The highest BCUT2D eigenvalue weighted by Crippen LogP contribution is 2.19. The fourth-order valence-electron chi connectivity index (χ4n) is 3.56. The van der Waals surface area contributed by atoms with Gasteiger partial charge in [-0.3, -0.25) is 9.59 Å². The molecule has 0 radical (unpaired) electrons. The van der Waals surface area contributed by atoms with Crippen molar-refractivity contribution in [2.45, 2.75) is 84.3 Å². The van der Waals surface area contributed by atoms with Crippen molar-refractivity contribution in [3.05, 3.63) is 35.4 Å². The molecule has 0 bridgehead atoms. The maximum Gasteiger partial charge on any atom is 0.243 e. The Balaban J connectivity index is 2.10. The number of amides is 2. The second-order valence-electron chi connectivity index (χ2n) is 7.13. The summed E-state index contributed by atoms with van der Waals surface area (Å²) in [7, 11) is 0. The lowest BCUT2D eigenvalue weighted by molar-refractivity contribution is -0.141. The van der Waals surface area contributed by atoms with Gasteiger partial charge in [-0.05, 0) is 31.7 Å². The number of carbonyl (C=O) groups excluding carboxylic acids is 2. The Labute approximate surface area is 152 Å². The summed E-state index contributed by atoms with van der Waals surface area (Å²) >= 11 is 0. The van der Waals surface area contributed by atoms with Gasteiger partial charge in [-0.15, -0.1) is 0 Å². The summed E-state index contributed by atoms with van der Waals surface area (Å²) in [5.74, 6) is 0.0366. The first-order valence-electron chi connectivity index (χ1n) is 9.70. The standard InChI is InChI=1S/C21H32N2O2/c1-4-19(21(25)22-18-9-7-6-8-10-18)23(20(24)5-2)15-17-13-11-16(3)12-14-17/h11-14,18-19H,4-10,15H2,1-3H3,(H,22,25). The molecule has 0 aliphatic heterocycles. The van der Waals surface area contributed by atoms with Crippen LogP contribution < -0.4 is 5.32 Å². The quantitative estimate of drug-likeness (QED) is 0.814. The first-order chi connectivity index (χ1) is 12.0. The van der Waals surface area contributed by atoms with E-state index in [1.807, 2.05) is 45.0 Å². The Bertz CT molecular complexity index is 562. The third-order valence-corrected chi connectivity index (χ3v) is 5.11. The molecule has 2 amide bonds. The molecular weight excluding hydrogens is 312 g/mol. The highest BCUT2D eigenvalue weighted by Gasteiger charge is 2.29. The van der Waals surface area contributed by atoms with Crippen molar-refractivity contribution in [1.29, 1.82) is 0 Å². The van der Waals surface area contributed by atoms with Crippen LogP contribution in [-0.4, -0.2) is 28.8 Å². The molecule has 2 rings (SSSR count). The van der Waals surface area contributed by atoms with Crippen LogP contribution in [0.1, 0.15) is 69.9 Å². The lowest BCUT2D eigenvalue weighted by Crippen LogP contribution is -2.51. The molecule has 1 aliphatic rings. The maximum absolute atomic E-state index is 12.8. The largest absolute Gasteiger partial charge is 0.352 e. The van der Waals surface area contributed by atoms with Crippen molar-refractivity contribution in [1.82, 2.24) is 10.2 Å². The molecule has 1 aromatic carbocycles. The zero-order chi connectivity index (χ0) is 18.2. The molecule has 4 heteroatoms. The minimum atomic E-state index is -0.393. The van der Waals surface area contributed by atoms with E-state index in [0.29, 0.717) is 19.4 Å². The van der Waals surface area contributed by atoms with Gasteiger partial charge in [-0.1, -0.05) is 62.9 Å². The van der Waals surface area contributed by atoms with Crippen LogP contribution in [0.2, 0.25) is 0 Å². The van der Waals surface area contributed by atoms with E-state index in [0.717, 1.165) is 18.4 Å². The second-order valence-corrected chi connectivity index (χ2v) is 7.13. The summed E-state index contributed by atoms with van der Waals surface area (Å²) in [6, 6.07) is 8.05. The summed E-state index contributed by atoms with van der Waals surface area (Å²) in [6.45, 7) is 6.38. The Morgan fingerprint density at radius 2 is 1.76 bits per heavy atom. The van der Waals surface area contributed by atoms with Crippen LogP contribution >= 0.6 is 0 Å². The number of carbonyl (C=O) groups is 2. The number of aryl methyl sites for hydroxylation is 1. The molecule has 1 saturated carbocycles. The van der Waals surface area contributed by atoms with Crippen LogP contribution in [0.4, 0.5) is 0 Å². The zero-order valence-corrected chi connectivity index (χ0v) is 15.9. The fraction of sp³-hybridized carbons (Fsp3) is 0.619. The maximum atomic E-state index is 12.8. The molecule has 0 aromatic heterocycles. The first kappa shape index (κ1) is 19.5. The molecule has 0 saturated heterocycles. The van der Waals surface area contributed by atoms with E-state index in [1.54, 1.807) is 4.90 Å². The third kappa shape index (κ3) is 5.58. The topological polar surface area (TPSA) is 49.4 Å². The number of nitrogens with zero attached hydrogens (tertiary/aromatic N) is 1. The SMILES string of the molecule is CCC(=O)N(Cc1ccc(C)cc1)C(CC)C(=O)NC1CCCCC1. The monoisotopic (exact) mass is 344 g/mol. The summed E-state index contributed by atoms with van der Waals surface area (Å²) < 4.78 is 0. The minimum absolute atomic E-state index is 0.00307. The summed E-state index contributed by atoms with van der Waals surface area (Å²) in [5.41, 5.74) is 2.26. The summed E-state index contributed by atoms with van der Waals surface area (Å²) in [5, 5.41) is 3.19. The Hall–Kier alpha value is -1.84. The predicted octanol–water partition coefficient (Wildman–Crippen LogP) is 3.96. The highest BCUT2D eigenvalue weighted by atomic mass is 16.2. The smallest absolute Gasteiger partial charge is 0.243 e. The van der Waals surface area contributed by atoms with E-state index in [2.05, 4.69) is 5.32 Å². The Morgan fingerprint density at radius 3 is 2.32 bits per heavy atom. The van der Waals surface area contributed by atoms with Gasteiger partial charge in [0.15, 0.2) is 0 Å². The van der Waals surface area contributed by atoms with Gasteiger partial charge in [0.25, 0.3) is 0 Å². The molecule has 1 aliphatic carbocycles. The molecule has 1 N–H and O–H groups in total. The lowest BCUT2D eigenvalue weighted by Gasteiger charge is -2.32. The first-order valence-corrected chi connectivity index (χ1v) is 9.70. The highest BCUT2D eigenvalue weighted by molar-refractivity contribution is 5.87. The van der Waals surface area contributed by atoms with Gasteiger partial charge in [0.05, 0.1) is 0 Å². The second kappa shape index (κ2) is 9.59. The van der Waals surface area contributed by atoms with E-state index in [-0.39, 0.29) is 17.9 Å². The number of hydrogen-bond donors (Lipinski definition) is 1. The van der Waals surface area contributed by atoms with Crippen molar-refractivity contribution in [2.24, 2.45) is 0 Å². The van der Waals surface area contributed by atoms with Crippen LogP contribution in [0.15, 0.2) is 24.3 Å². The van der Waals surface area contributed by atoms with Gasteiger partial charge in [-0.2, -0.15) is 0 Å². The van der Waals surface area contributed by atoms with E-state index >= 15 is 0 Å². The lowest BCUT2D eigenvalue weighted by atomic mass is 9.95. The minimum Gasteiger partial charge on any atom is -0.352 e. The molecule has 0 spiro atoms. The van der Waals surface area contributed by atoms with Gasteiger partial charge in [0.2, 0.25) is 11.8 Å². The number of benzene rings is 1. The van der Waals surface area contributed by atoms with Gasteiger partial charge in [0, 0.05) is 19.0 Å². The van der Waals surface area contributed by atoms with Crippen LogP contribution in [0.3, 0.4) is 0 Å². The van der Waals surface area contributed by atoms with Crippen LogP contribution in [0, 0.1) is 6.92 Å². The third-order valence-electron chi connectivity index (χ3n) is 5.11. The summed E-state index contributed by atoms with van der Waals surface area (Å²) in [6.07, 6.45) is 6.79. The predicted molar refractivity (Wildman–Crippen MR) is 101 cm³/mol. The van der Waals surface area contributed by atoms with Crippen LogP contribution in [0.25, 0.3) is 0 Å². The van der Waals surface area contributed by atoms with E-state index in [9.17, 15) is 9.59 Å². The van der Waals surface area contributed by atoms with E-state index in [4.69, 9.17) is 0 Å². The van der Waals surface area contributed by atoms with Crippen molar-refractivity contribution in [3.63, 3.8) is 0 Å². The average molecular weight is 344 g/mol. The number of hydrogen-bond acceptors (Lipinski definition) is 2. The fourth-order valence-corrected chi connectivity index (χ4v) is 3.56. The van der Waals surface area contributed by atoms with Crippen LogP contribution in [-0.2, 0) is 16.1 Å². The van der Waals surface area contributed by atoms with Gasteiger partial charge in [-0.25, -0.2) is 0 Å². The Kier molecular flexibility index (Phi) is 7.48. The van der Waals surface area contributed by atoms with Crippen molar-refractivity contribution in [2.75, 3.05) is 0 Å². The van der Waals surface area contributed by atoms with Crippen LogP contribution in [0.5, 0.6) is 0 Å². The summed E-state index contributed by atoms with van der Waals surface area (Å²) in [4.78, 5) is 27.1. The van der Waals surface area contributed by atoms with Crippen molar-refractivity contribution >= 4 is 11.8 Å². The van der Waals surface area contributed by atoms with E-state index in [1.165, 1.54) is 24.8 Å². The number of rotatable bonds is 7. The van der Waals surface area contributed by atoms with Gasteiger partial charge >= 0.3 is 0 Å². The van der Waals surface area contributed by atoms with Gasteiger partial charge < -0.3 is 10.2 Å². The molecule has 1 fully saturated rings. The average Bonchev–Trinajstić information content (AvgIpc) is 2.63. The molecule has 1 aromatic rings. The van der Waals surface area contributed by atoms with Gasteiger partial charge in [0.1, 0.15) is 6.04 Å². The van der Waals surface area contributed by atoms with E-state index < -0.39 is 6.04 Å². The molecule has 1 atom stereocenters. The Morgan fingerprint density at radius 1 is 1.12 bits per heavy atom. The molecule has 1 unspecified atom stereocenters. The van der Waals surface area contributed by atoms with Crippen molar-refractivity contribution < 1.29 is 9.59 Å². The molecular formula is C21H32N2O2.